The summed E-state index contributed by atoms with van der Waals surface area (Å²) in [6.45, 7) is 5.55. The lowest BCUT2D eigenvalue weighted by Crippen LogP contribution is -2.35. The summed E-state index contributed by atoms with van der Waals surface area (Å²) < 4.78 is 26.9. The number of carbonyl (C=O) groups is 1. The van der Waals surface area contributed by atoms with Crippen LogP contribution in [0.4, 0.5) is 5.69 Å². The van der Waals surface area contributed by atoms with Crippen LogP contribution in [0.1, 0.15) is 36.7 Å². The third kappa shape index (κ3) is 3.45. The van der Waals surface area contributed by atoms with Gasteiger partial charge < -0.3 is 4.90 Å². The molecular formula is C19H22N2O3S. The van der Waals surface area contributed by atoms with Crippen molar-refractivity contribution >= 4 is 21.6 Å². The molecule has 1 aliphatic heterocycles. The second-order valence-electron chi connectivity index (χ2n) is 6.66. The highest BCUT2D eigenvalue weighted by Crippen LogP contribution is 2.33. The molecule has 0 saturated heterocycles. The van der Waals surface area contributed by atoms with Gasteiger partial charge in [0, 0.05) is 23.3 Å². The average molecular weight is 358 g/mol. The number of rotatable bonds is 4. The van der Waals surface area contributed by atoms with Gasteiger partial charge in [0.15, 0.2) is 0 Å². The van der Waals surface area contributed by atoms with Crippen LogP contribution in [0.2, 0.25) is 0 Å². The van der Waals surface area contributed by atoms with Crippen LogP contribution in [0.25, 0.3) is 0 Å². The molecule has 1 N–H and O–H groups in total. The van der Waals surface area contributed by atoms with E-state index in [-0.39, 0.29) is 22.9 Å². The molecule has 1 unspecified atom stereocenters. The van der Waals surface area contributed by atoms with E-state index in [1.54, 1.807) is 30.9 Å². The van der Waals surface area contributed by atoms with E-state index in [9.17, 15) is 13.2 Å². The number of para-hydroxylation sites is 1. The Morgan fingerprint density at radius 3 is 2.40 bits per heavy atom. The van der Waals surface area contributed by atoms with E-state index in [1.807, 2.05) is 31.2 Å². The Labute approximate surface area is 148 Å². The fourth-order valence-corrected chi connectivity index (χ4v) is 4.42. The van der Waals surface area contributed by atoms with E-state index in [2.05, 4.69) is 4.72 Å². The summed E-state index contributed by atoms with van der Waals surface area (Å²) in [5, 5.41) is 0. The average Bonchev–Trinajstić information content (AvgIpc) is 2.89. The molecule has 1 aliphatic rings. The van der Waals surface area contributed by atoms with Crippen molar-refractivity contribution < 1.29 is 13.2 Å². The molecule has 0 aromatic heterocycles. The second-order valence-corrected chi connectivity index (χ2v) is 8.37. The Kier molecular flexibility index (Phi) is 4.67. The molecule has 0 spiro atoms. The third-order valence-corrected chi connectivity index (χ3v) is 5.90. The van der Waals surface area contributed by atoms with Crippen molar-refractivity contribution in [2.24, 2.45) is 0 Å². The lowest BCUT2D eigenvalue weighted by Gasteiger charge is -2.23. The first-order chi connectivity index (χ1) is 11.8. The largest absolute Gasteiger partial charge is 0.305 e. The highest BCUT2D eigenvalue weighted by Gasteiger charge is 2.31. The van der Waals surface area contributed by atoms with Gasteiger partial charge in [0.1, 0.15) is 0 Å². The monoisotopic (exact) mass is 358 g/mol. The zero-order valence-electron chi connectivity index (χ0n) is 14.6. The number of hydrogen-bond acceptors (Lipinski definition) is 3. The molecule has 25 heavy (non-hydrogen) atoms. The summed E-state index contributed by atoms with van der Waals surface area (Å²) in [7, 11) is -3.56. The molecule has 1 heterocycles. The number of carbonyl (C=O) groups excluding carboxylic acids is 1. The summed E-state index contributed by atoms with van der Waals surface area (Å²) in [6, 6.07) is 13.9. The van der Waals surface area contributed by atoms with Crippen molar-refractivity contribution in [1.82, 2.24) is 4.72 Å². The Balaban J connectivity index is 1.87. The minimum Gasteiger partial charge on any atom is -0.305 e. The lowest BCUT2D eigenvalue weighted by molar-refractivity contribution is 0.0981. The Bertz CT molecular complexity index is 889. The maximum Gasteiger partial charge on any atom is 0.258 e. The minimum atomic E-state index is -3.56. The molecule has 1 amide bonds. The molecule has 132 valence electrons. The van der Waals surface area contributed by atoms with Crippen molar-refractivity contribution in [1.29, 1.82) is 0 Å². The predicted molar refractivity (Wildman–Crippen MR) is 98.3 cm³/mol. The molecule has 2 aromatic carbocycles. The lowest BCUT2D eigenvalue weighted by atomic mass is 10.1. The fraction of sp³-hybridized carbons (Fsp3) is 0.316. The SMILES string of the molecule is CC(C)NS(=O)(=O)c1ccc(C(=O)N2c3ccccc3CC2C)cc1. The highest BCUT2D eigenvalue weighted by molar-refractivity contribution is 7.89. The number of benzene rings is 2. The summed E-state index contributed by atoms with van der Waals surface area (Å²) in [5.41, 5.74) is 2.56. The molecule has 0 radical (unpaired) electrons. The topological polar surface area (TPSA) is 66.5 Å². The zero-order valence-corrected chi connectivity index (χ0v) is 15.4. The molecule has 6 heteroatoms. The van der Waals surface area contributed by atoms with Gasteiger partial charge in [-0.1, -0.05) is 18.2 Å². The summed E-state index contributed by atoms with van der Waals surface area (Å²) >= 11 is 0. The van der Waals surface area contributed by atoms with Crippen LogP contribution in [-0.4, -0.2) is 26.4 Å². The first-order valence-corrected chi connectivity index (χ1v) is 9.82. The summed E-state index contributed by atoms with van der Waals surface area (Å²) in [4.78, 5) is 14.9. The second kappa shape index (κ2) is 6.61. The van der Waals surface area contributed by atoms with Gasteiger partial charge in [-0.3, -0.25) is 4.79 Å². The number of sulfonamides is 1. The van der Waals surface area contributed by atoms with Gasteiger partial charge in [-0.25, -0.2) is 13.1 Å². The van der Waals surface area contributed by atoms with Gasteiger partial charge >= 0.3 is 0 Å². The number of amides is 1. The van der Waals surface area contributed by atoms with E-state index in [0.717, 1.165) is 17.7 Å². The van der Waals surface area contributed by atoms with E-state index >= 15 is 0 Å². The van der Waals surface area contributed by atoms with Crippen LogP contribution < -0.4 is 9.62 Å². The van der Waals surface area contributed by atoms with E-state index < -0.39 is 10.0 Å². The van der Waals surface area contributed by atoms with Gasteiger partial charge in [0.25, 0.3) is 5.91 Å². The molecule has 0 bridgehead atoms. The maximum absolute atomic E-state index is 12.9. The summed E-state index contributed by atoms with van der Waals surface area (Å²) in [6.07, 6.45) is 0.826. The van der Waals surface area contributed by atoms with Gasteiger partial charge in [0.2, 0.25) is 10.0 Å². The normalized spacial score (nSPS) is 17.0. The van der Waals surface area contributed by atoms with Crippen molar-refractivity contribution in [2.45, 2.75) is 44.2 Å². The molecule has 5 nitrogen and oxygen atoms in total. The van der Waals surface area contributed by atoms with Gasteiger partial charge in [0.05, 0.1) is 4.90 Å². The van der Waals surface area contributed by atoms with Crippen molar-refractivity contribution in [3.63, 3.8) is 0 Å². The zero-order chi connectivity index (χ0) is 18.2. The van der Waals surface area contributed by atoms with Crippen LogP contribution in [0.5, 0.6) is 0 Å². The van der Waals surface area contributed by atoms with Crippen LogP contribution in [-0.2, 0) is 16.4 Å². The highest BCUT2D eigenvalue weighted by atomic mass is 32.2. The molecule has 3 rings (SSSR count). The predicted octanol–water partition coefficient (Wildman–Crippen LogP) is 2.96. The van der Waals surface area contributed by atoms with Crippen LogP contribution in [0, 0.1) is 0 Å². The van der Waals surface area contributed by atoms with E-state index in [0.29, 0.717) is 5.56 Å². The number of hydrogen-bond donors (Lipinski definition) is 1. The third-order valence-electron chi connectivity index (χ3n) is 4.23. The van der Waals surface area contributed by atoms with E-state index in [1.165, 1.54) is 12.1 Å². The van der Waals surface area contributed by atoms with Crippen LogP contribution >= 0.6 is 0 Å². The Morgan fingerprint density at radius 2 is 1.76 bits per heavy atom. The quantitative estimate of drug-likeness (QED) is 0.914. The first-order valence-electron chi connectivity index (χ1n) is 8.33. The smallest absolute Gasteiger partial charge is 0.258 e. The number of nitrogens with one attached hydrogen (secondary N) is 1. The van der Waals surface area contributed by atoms with Crippen molar-refractivity contribution in [3.8, 4) is 0 Å². The van der Waals surface area contributed by atoms with Crippen LogP contribution in [0.3, 0.4) is 0 Å². The maximum atomic E-state index is 12.9. The van der Waals surface area contributed by atoms with Gasteiger partial charge in [-0.05, 0) is 63.1 Å². The Hall–Kier alpha value is -2.18. The Morgan fingerprint density at radius 1 is 1.12 bits per heavy atom. The number of nitrogens with zero attached hydrogens (tertiary/aromatic N) is 1. The number of anilines is 1. The molecular weight excluding hydrogens is 336 g/mol. The molecule has 0 aliphatic carbocycles. The molecule has 0 saturated carbocycles. The van der Waals surface area contributed by atoms with Gasteiger partial charge in [-0.15, -0.1) is 0 Å². The van der Waals surface area contributed by atoms with Crippen LogP contribution in [0.15, 0.2) is 53.4 Å². The number of fused-ring (bicyclic) bond motifs is 1. The van der Waals surface area contributed by atoms with Crippen molar-refractivity contribution in [2.75, 3.05) is 4.90 Å². The standard InChI is InChI=1S/C19H22N2O3S/c1-13(2)20-25(23,24)17-10-8-15(9-11-17)19(22)21-14(3)12-16-6-4-5-7-18(16)21/h4-11,13-14,20H,12H2,1-3H3. The fourth-order valence-electron chi connectivity index (χ4n) is 3.17. The molecule has 2 aromatic rings. The minimum absolute atomic E-state index is 0.0796. The molecule has 0 fully saturated rings. The van der Waals surface area contributed by atoms with Gasteiger partial charge in [-0.2, -0.15) is 0 Å². The first kappa shape index (κ1) is 17.6. The molecule has 1 atom stereocenters. The van der Waals surface area contributed by atoms with E-state index in [4.69, 9.17) is 0 Å². The van der Waals surface area contributed by atoms with Crippen molar-refractivity contribution in [3.05, 3.63) is 59.7 Å². The summed E-state index contributed by atoms with van der Waals surface area (Å²) in [5.74, 6) is -0.113.